The Morgan fingerprint density at radius 3 is 2.48 bits per heavy atom. The van der Waals surface area contributed by atoms with Crippen LogP contribution in [-0.4, -0.2) is 37.7 Å². The van der Waals surface area contributed by atoms with Crippen LogP contribution in [0.5, 0.6) is 5.75 Å². The molecule has 3 aromatic rings. The van der Waals surface area contributed by atoms with Gasteiger partial charge in [0, 0.05) is 21.0 Å². The monoisotopic (exact) mass is 476 g/mol. The molecule has 3 nitrogen and oxygen atoms in total. The summed E-state index contributed by atoms with van der Waals surface area (Å²) in [7, 11) is 1.70. The highest BCUT2D eigenvalue weighted by Crippen LogP contribution is 2.33. The van der Waals surface area contributed by atoms with E-state index < -0.39 is 0 Å². The van der Waals surface area contributed by atoms with Crippen molar-refractivity contribution in [3.8, 4) is 16.2 Å². The minimum atomic E-state index is 0.235. The smallest absolute Gasteiger partial charge is 0.119 e. The van der Waals surface area contributed by atoms with Crippen molar-refractivity contribution in [3.05, 3.63) is 57.9 Å². The number of fused-ring (bicyclic) bond motifs is 1. The first-order valence-electron chi connectivity index (χ1n) is 10.8. The van der Waals surface area contributed by atoms with Crippen molar-refractivity contribution in [1.29, 1.82) is 0 Å². The average molecular weight is 478 g/mol. The van der Waals surface area contributed by atoms with E-state index in [4.69, 9.17) is 32.9 Å². The number of halogens is 2. The summed E-state index contributed by atoms with van der Waals surface area (Å²) in [6.07, 6.45) is 2.20. The maximum atomic E-state index is 6.28. The minimum Gasteiger partial charge on any atom is -0.497 e. The molecule has 1 aromatic heterocycles. The van der Waals surface area contributed by atoms with E-state index in [-0.39, 0.29) is 6.04 Å². The van der Waals surface area contributed by atoms with Crippen molar-refractivity contribution >= 4 is 44.6 Å². The highest BCUT2D eigenvalue weighted by molar-refractivity contribution is 7.21. The van der Waals surface area contributed by atoms with Gasteiger partial charge in [0.15, 0.2) is 0 Å². The van der Waals surface area contributed by atoms with Crippen LogP contribution in [0.3, 0.4) is 0 Å². The number of ether oxygens (including phenoxy) is 1. The Morgan fingerprint density at radius 2 is 1.81 bits per heavy atom. The zero-order valence-corrected chi connectivity index (χ0v) is 20.9. The highest BCUT2D eigenvalue weighted by Gasteiger charge is 2.09. The second-order valence-corrected chi connectivity index (χ2v) is 9.53. The number of hydrogen-bond acceptors (Lipinski definition) is 4. The van der Waals surface area contributed by atoms with Gasteiger partial charge in [-0.3, -0.25) is 4.99 Å². The van der Waals surface area contributed by atoms with E-state index in [9.17, 15) is 0 Å². The molecule has 0 saturated heterocycles. The predicted octanol–water partition coefficient (Wildman–Crippen LogP) is 7.29. The maximum absolute atomic E-state index is 6.28. The molecule has 0 aliphatic rings. The lowest BCUT2D eigenvalue weighted by molar-refractivity contribution is 0.294. The van der Waals surface area contributed by atoms with Crippen molar-refractivity contribution in [2.75, 3.05) is 26.7 Å². The van der Waals surface area contributed by atoms with Crippen LogP contribution in [0, 0.1) is 0 Å². The molecule has 0 radical (unpaired) electrons. The summed E-state index contributed by atoms with van der Waals surface area (Å²) in [5.41, 5.74) is 1.04. The van der Waals surface area contributed by atoms with Gasteiger partial charge in [-0.2, -0.15) is 0 Å². The zero-order chi connectivity index (χ0) is 22.4. The quantitative estimate of drug-likeness (QED) is 0.323. The molecule has 0 fully saturated rings. The number of methoxy groups -OCH3 is 1. The first kappa shape index (κ1) is 24.1. The molecule has 2 aromatic carbocycles. The lowest BCUT2D eigenvalue weighted by Gasteiger charge is -2.18. The fraction of sp³-hybridized carbons (Fsp3) is 0.400. The Hall–Kier alpha value is -1.59. The number of nitrogens with zero attached hydrogens (tertiary/aromatic N) is 2. The first-order chi connectivity index (χ1) is 14.9. The Labute approximate surface area is 199 Å². The summed E-state index contributed by atoms with van der Waals surface area (Å²) in [4.78, 5) is 8.68. The number of rotatable bonds is 9. The topological polar surface area (TPSA) is 24.8 Å². The third-order valence-electron chi connectivity index (χ3n) is 5.50. The van der Waals surface area contributed by atoms with E-state index in [2.05, 4.69) is 43.9 Å². The summed E-state index contributed by atoms with van der Waals surface area (Å²) in [5.74, 6) is 0.840. The van der Waals surface area contributed by atoms with E-state index in [1.54, 1.807) is 18.4 Å². The van der Waals surface area contributed by atoms with E-state index >= 15 is 0 Å². The van der Waals surface area contributed by atoms with Crippen molar-refractivity contribution < 1.29 is 4.74 Å². The summed E-state index contributed by atoms with van der Waals surface area (Å²) in [5, 5.41) is 3.23. The summed E-state index contributed by atoms with van der Waals surface area (Å²) in [6, 6.07) is 14.3. The zero-order valence-electron chi connectivity index (χ0n) is 18.6. The highest BCUT2D eigenvalue weighted by atomic mass is 35.5. The fourth-order valence-corrected chi connectivity index (χ4v) is 4.99. The molecule has 166 valence electrons. The molecule has 3 rings (SSSR count). The first-order valence-corrected chi connectivity index (χ1v) is 12.4. The number of hydrogen-bond donors (Lipinski definition) is 0. The van der Waals surface area contributed by atoms with Gasteiger partial charge in [-0.15, -0.1) is 11.3 Å². The van der Waals surface area contributed by atoms with E-state index in [1.165, 1.54) is 4.70 Å². The molecule has 1 unspecified atom stereocenters. The molecule has 6 heteroatoms. The van der Waals surface area contributed by atoms with Gasteiger partial charge in [-0.1, -0.05) is 43.1 Å². The third-order valence-corrected chi connectivity index (χ3v) is 7.39. The summed E-state index contributed by atoms with van der Waals surface area (Å²) in [6.45, 7) is 9.94. The third kappa shape index (κ3) is 6.23. The molecule has 0 spiro atoms. The molecule has 0 aliphatic heterocycles. The second-order valence-electron chi connectivity index (χ2n) is 7.63. The minimum absolute atomic E-state index is 0.235. The number of benzene rings is 2. The Morgan fingerprint density at radius 1 is 1.03 bits per heavy atom. The largest absolute Gasteiger partial charge is 0.497 e. The van der Waals surface area contributed by atoms with E-state index in [0.717, 1.165) is 59.4 Å². The SMILES string of the molecule is CCN(CC)CCCC(C)N=c1cc(-c2ccc(Cl)c(Cl)c2)sc2ccc(OC)cc12. The molecule has 0 saturated carbocycles. The van der Waals surface area contributed by atoms with Crippen LogP contribution in [0.4, 0.5) is 0 Å². The van der Waals surface area contributed by atoms with Crippen LogP contribution in [0.25, 0.3) is 20.5 Å². The van der Waals surface area contributed by atoms with Crippen molar-refractivity contribution in [1.82, 2.24) is 4.90 Å². The lowest BCUT2D eigenvalue weighted by atomic mass is 10.1. The molecule has 0 aliphatic carbocycles. The molecular formula is C25H30Cl2N2OS. The van der Waals surface area contributed by atoms with E-state index in [1.807, 2.05) is 24.3 Å². The molecule has 1 heterocycles. The van der Waals surface area contributed by atoms with Crippen LogP contribution in [-0.2, 0) is 0 Å². The van der Waals surface area contributed by atoms with Gasteiger partial charge in [0.05, 0.1) is 22.5 Å². The fourth-order valence-electron chi connectivity index (χ4n) is 3.63. The Bertz CT molecular complexity index is 1090. The Balaban J connectivity index is 2.00. The predicted molar refractivity (Wildman–Crippen MR) is 136 cm³/mol. The van der Waals surface area contributed by atoms with Crippen LogP contribution >= 0.6 is 34.5 Å². The Kier molecular flexibility index (Phi) is 8.79. The van der Waals surface area contributed by atoms with Gasteiger partial charge >= 0.3 is 0 Å². The van der Waals surface area contributed by atoms with Gasteiger partial charge < -0.3 is 9.64 Å². The molecule has 31 heavy (non-hydrogen) atoms. The van der Waals surface area contributed by atoms with Gasteiger partial charge in [0.1, 0.15) is 5.75 Å². The standard InChI is InChI=1S/C25H30Cl2N2OS/c1-5-29(6-2)13-7-8-17(3)28-23-16-25(18-9-11-21(26)22(27)14-18)31-24-12-10-19(30-4)15-20(23)24/h9-12,14-17H,5-8,13H2,1-4H3. The molecule has 0 amide bonds. The average Bonchev–Trinajstić information content (AvgIpc) is 2.78. The molecule has 0 N–H and O–H groups in total. The van der Waals surface area contributed by atoms with Gasteiger partial charge in [0.25, 0.3) is 0 Å². The van der Waals surface area contributed by atoms with Crippen LogP contribution in [0.1, 0.15) is 33.6 Å². The molecule has 0 bridgehead atoms. The van der Waals surface area contributed by atoms with Crippen molar-refractivity contribution in [2.45, 2.75) is 39.7 Å². The van der Waals surface area contributed by atoms with Gasteiger partial charge in [0.2, 0.25) is 0 Å². The van der Waals surface area contributed by atoms with Crippen molar-refractivity contribution in [3.63, 3.8) is 0 Å². The van der Waals surface area contributed by atoms with Gasteiger partial charge in [-0.25, -0.2) is 0 Å². The maximum Gasteiger partial charge on any atom is 0.119 e. The second kappa shape index (κ2) is 11.3. The molecule has 1 atom stereocenters. The van der Waals surface area contributed by atoms with Gasteiger partial charge in [-0.05, 0) is 81.4 Å². The van der Waals surface area contributed by atoms with E-state index in [0.29, 0.717) is 10.0 Å². The van der Waals surface area contributed by atoms with Crippen LogP contribution in [0.15, 0.2) is 47.5 Å². The normalized spacial score (nSPS) is 13.2. The molecular weight excluding hydrogens is 447 g/mol. The van der Waals surface area contributed by atoms with Crippen molar-refractivity contribution in [2.24, 2.45) is 4.99 Å². The summed E-state index contributed by atoms with van der Waals surface area (Å²) >= 11 is 14.1. The van der Waals surface area contributed by atoms with Crippen LogP contribution < -0.4 is 10.1 Å². The van der Waals surface area contributed by atoms with Crippen LogP contribution in [0.2, 0.25) is 10.0 Å². The lowest BCUT2D eigenvalue weighted by Crippen LogP contribution is -2.24. The summed E-state index contributed by atoms with van der Waals surface area (Å²) < 4.78 is 6.63.